The third-order valence-corrected chi connectivity index (χ3v) is 5.21. The number of nitrogens with one attached hydrogen (secondary N) is 1. The molecule has 0 amide bonds. The van der Waals surface area contributed by atoms with Crippen LogP contribution in [0.1, 0.15) is 13.8 Å². The first-order chi connectivity index (χ1) is 8.03. The molecule has 0 aliphatic carbocycles. The average Bonchev–Trinajstić information content (AvgIpc) is 2.29. The molecule has 0 radical (unpaired) electrons. The van der Waals surface area contributed by atoms with Crippen LogP contribution in [0, 0.1) is 0 Å². The molecule has 2 rings (SSSR count). The number of nitrogens with zero attached hydrogens (tertiary/aromatic N) is 1. The minimum Gasteiger partial charge on any atom is -0.314 e. The van der Waals surface area contributed by atoms with Crippen LogP contribution in [0.3, 0.4) is 0 Å². The van der Waals surface area contributed by atoms with Crippen LogP contribution in [-0.4, -0.2) is 37.9 Å². The topological polar surface area (TPSA) is 49.4 Å². The lowest BCUT2D eigenvalue weighted by Gasteiger charge is -2.38. The van der Waals surface area contributed by atoms with Crippen molar-refractivity contribution in [2.75, 3.05) is 13.1 Å². The average molecular weight is 254 g/mol. The highest BCUT2D eigenvalue weighted by Gasteiger charge is 2.35. The van der Waals surface area contributed by atoms with Crippen molar-refractivity contribution in [2.24, 2.45) is 0 Å². The maximum absolute atomic E-state index is 12.5. The molecule has 5 heteroatoms. The van der Waals surface area contributed by atoms with Crippen molar-refractivity contribution in [3.8, 4) is 0 Å². The Morgan fingerprint density at radius 3 is 2.18 bits per heavy atom. The van der Waals surface area contributed by atoms with Gasteiger partial charge in [-0.2, -0.15) is 4.31 Å². The smallest absolute Gasteiger partial charge is 0.243 e. The first kappa shape index (κ1) is 12.5. The molecule has 0 saturated carbocycles. The molecular weight excluding hydrogens is 236 g/mol. The van der Waals surface area contributed by atoms with Crippen molar-refractivity contribution in [3.05, 3.63) is 30.3 Å². The fourth-order valence-electron chi connectivity index (χ4n) is 2.30. The lowest BCUT2D eigenvalue weighted by Crippen LogP contribution is -2.57. The molecule has 1 heterocycles. The van der Waals surface area contributed by atoms with Gasteiger partial charge >= 0.3 is 0 Å². The van der Waals surface area contributed by atoms with Crippen molar-refractivity contribution < 1.29 is 8.42 Å². The molecule has 2 unspecified atom stereocenters. The van der Waals surface area contributed by atoms with Gasteiger partial charge in [0.05, 0.1) is 4.90 Å². The Balaban J connectivity index is 2.38. The number of benzene rings is 1. The van der Waals surface area contributed by atoms with Crippen LogP contribution >= 0.6 is 0 Å². The van der Waals surface area contributed by atoms with Gasteiger partial charge in [0.15, 0.2) is 0 Å². The summed E-state index contributed by atoms with van der Waals surface area (Å²) in [4.78, 5) is 0.376. The lowest BCUT2D eigenvalue weighted by molar-refractivity contribution is 0.220. The van der Waals surface area contributed by atoms with Crippen LogP contribution in [0.2, 0.25) is 0 Å². The highest BCUT2D eigenvalue weighted by molar-refractivity contribution is 7.89. The zero-order valence-electron chi connectivity index (χ0n) is 10.1. The van der Waals surface area contributed by atoms with E-state index in [0.717, 1.165) is 0 Å². The van der Waals surface area contributed by atoms with Crippen molar-refractivity contribution >= 4 is 10.0 Å². The molecule has 1 aromatic carbocycles. The summed E-state index contributed by atoms with van der Waals surface area (Å²) in [7, 11) is -3.37. The molecule has 94 valence electrons. The van der Waals surface area contributed by atoms with Gasteiger partial charge in [-0.3, -0.25) is 0 Å². The molecule has 4 nitrogen and oxygen atoms in total. The maximum atomic E-state index is 12.5. The quantitative estimate of drug-likeness (QED) is 0.858. The molecule has 0 aromatic heterocycles. The van der Waals surface area contributed by atoms with Crippen LogP contribution in [0.25, 0.3) is 0 Å². The number of rotatable bonds is 2. The van der Waals surface area contributed by atoms with Crippen LogP contribution < -0.4 is 5.32 Å². The summed E-state index contributed by atoms with van der Waals surface area (Å²) in [6.07, 6.45) is 0. The van der Waals surface area contributed by atoms with Crippen LogP contribution in [0.15, 0.2) is 35.2 Å². The van der Waals surface area contributed by atoms with E-state index in [9.17, 15) is 8.42 Å². The Morgan fingerprint density at radius 1 is 1.12 bits per heavy atom. The van der Waals surface area contributed by atoms with Gasteiger partial charge in [-0.15, -0.1) is 0 Å². The molecule has 1 fully saturated rings. The molecule has 2 atom stereocenters. The van der Waals surface area contributed by atoms with Crippen molar-refractivity contribution in [1.29, 1.82) is 0 Å². The minimum absolute atomic E-state index is 0.0102. The molecule has 17 heavy (non-hydrogen) atoms. The minimum atomic E-state index is -3.37. The summed E-state index contributed by atoms with van der Waals surface area (Å²) >= 11 is 0. The second kappa shape index (κ2) is 4.76. The zero-order valence-corrected chi connectivity index (χ0v) is 10.9. The third kappa shape index (κ3) is 2.36. The number of sulfonamides is 1. The Labute approximate surface area is 103 Å². The summed E-state index contributed by atoms with van der Waals surface area (Å²) in [5.41, 5.74) is 0. The van der Waals surface area contributed by atoms with Gasteiger partial charge in [0, 0.05) is 25.2 Å². The van der Waals surface area contributed by atoms with Gasteiger partial charge in [0.25, 0.3) is 0 Å². The number of hydrogen-bond acceptors (Lipinski definition) is 3. The van der Waals surface area contributed by atoms with Gasteiger partial charge in [-0.25, -0.2) is 8.42 Å². The fourth-order valence-corrected chi connectivity index (χ4v) is 4.14. The monoisotopic (exact) mass is 254 g/mol. The highest BCUT2D eigenvalue weighted by Crippen LogP contribution is 2.22. The molecule has 1 aliphatic heterocycles. The Kier molecular flexibility index (Phi) is 3.51. The second-order valence-electron chi connectivity index (χ2n) is 4.50. The van der Waals surface area contributed by atoms with Gasteiger partial charge in [-0.1, -0.05) is 18.2 Å². The molecule has 0 bridgehead atoms. The maximum Gasteiger partial charge on any atom is 0.243 e. The molecular formula is C12H18N2O2S. The van der Waals surface area contributed by atoms with E-state index < -0.39 is 10.0 Å². The van der Waals surface area contributed by atoms with Crippen molar-refractivity contribution in [1.82, 2.24) is 9.62 Å². The van der Waals surface area contributed by atoms with E-state index in [4.69, 9.17) is 0 Å². The van der Waals surface area contributed by atoms with E-state index >= 15 is 0 Å². The summed E-state index contributed by atoms with van der Waals surface area (Å²) in [6, 6.07) is 8.61. The standard InChI is InChI=1S/C12H18N2O2S/c1-10-8-13-9-11(2)14(10)17(15,16)12-6-4-3-5-7-12/h3-7,10-11,13H,8-9H2,1-2H3. The van der Waals surface area contributed by atoms with Gasteiger partial charge < -0.3 is 5.32 Å². The van der Waals surface area contributed by atoms with E-state index in [1.807, 2.05) is 19.9 Å². The molecule has 1 N–H and O–H groups in total. The SMILES string of the molecule is CC1CNCC(C)N1S(=O)(=O)c1ccccc1. The Hall–Kier alpha value is -0.910. The first-order valence-corrected chi connectivity index (χ1v) is 7.27. The summed E-state index contributed by atoms with van der Waals surface area (Å²) in [5, 5.41) is 3.23. The normalized spacial score (nSPS) is 26.9. The predicted octanol–water partition coefficient (Wildman–Crippen LogP) is 1.06. The van der Waals surface area contributed by atoms with E-state index in [2.05, 4.69) is 5.32 Å². The van der Waals surface area contributed by atoms with Crippen molar-refractivity contribution in [3.63, 3.8) is 0 Å². The Morgan fingerprint density at radius 2 is 1.65 bits per heavy atom. The van der Waals surface area contributed by atoms with Crippen LogP contribution in [0.4, 0.5) is 0 Å². The highest BCUT2D eigenvalue weighted by atomic mass is 32.2. The summed E-state index contributed by atoms with van der Waals surface area (Å²) in [5.74, 6) is 0. The van der Waals surface area contributed by atoms with Gasteiger partial charge in [0.1, 0.15) is 0 Å². The van der Waals surface area contributed by atoms with E-state index in [1.165, 1.54) is 0 Å². The summed E-state index contributed by atoms with van der Waals surface area (Å²) in [6.45, 7) is 5.28. The van der Waals surface area contributed by atoms with E-state index in [0.29, 0.717) is 18.0 Å². The zero-order chi connectivity index (χ0) is 12.5. The van der Waals surface area contributed by atoms with E-state index in [-0.39, 0.29) is 12.1 Å². The molecule has 1 aromatic rings. The number of hydrogen-bond donors (Lipinski definition) is 1. The lowest BCUT2D eigenvalue weighted by atomic mass is 10.2. The molecule has 1 aliphatic rings. The Bertz CT molecular complexity index is 463. The summed E-state index contributed by atoms with van der Waals surface area (Å²) < 4.78 is 26.6. The van der Waals surface area contributed by atoms with Crippen molar-refractivity contribution in [2.45, 2.75) is 30.8 Å². The van der Waals surface area contributed by atoms with E-state index in [1.54, 1.807) is 28.6 Å². The third-order valence-electron chi connectivity index (χ3n) is 3.07. The molecule has 1 saturated heterocycles. The van der Waals surface area contributed by atoms with Gasteiger partial charge in [0.2, 0.25) is 10.0 Å². The number of piperazine rings is 1. The van der Waals surface area contributed by atoms with Crippen LogP contribution in [0.5, 0.6) is 0 Å². The predicted molar refractivity (Wildman–Crippen MR) is 67.3 cm³/mol. The fraction of sp³-hybridized carbons (Fsp3) is 0.500. The van der Waals surface area contributed by atoms with Crippen LogP contribution in [-0.2, 0) is 10.0 Å². The van der Waals surface area contributed by atoms with Gasteiger partial charge in [-0.05, 0) is 26.0 Å². The first-order valence-electron chi connectivity index (χ1n) is 5.83. The largest absolute Gasteiger partial charge is 0.314 e. The molecule has 0 spiro atoms. The second-order valence-corrected chi connectivity index (χ2v) is 6.35.